The molecule has 0 spiro atoms. The molecule has 1 aliphatic heterocycles. The molecule has 2 rings (SSSR count). The second-order valence-corrected chi connectivity index (χ2v) is 5.72. The van der Waals surface area contributed by atoms with Crippen LogP contribution in [0.2, 0.25) is 5.02 Å². The second-order valence-electron chi connectivity index (χ2n) is 5.31. The van der Waals surface area contributed by atoms with Crippen molar-refractivity contribution in [2.45, 2.75) is 45.4 Å². The third-order valence-electron chi connectivity index (χ3n) is 3.14. The van der Waals surface area contributed by atoms with E-state index in [0.29, 0.717) is 30.2 Å². The van der Waals surface area contributed by atoms with Crippen LogP contribution in [0.25, 0.3) is 0 Å². The number of rotatable bonds is 5. The van der Waals surface area contributed by atoms with Crippen molar-refractivity contribution in [1.82, 2.24) is 10.6 Å². The fourth-order valence-electron chi connectivity index (χ4n) is 2.13. The molecule has 6 heteroatoms. The van der Waals surface area contributed by atoms with Crippen LogP contribution >= 0.6 is 11.6 Å². The highest BCUT2D eigenvalue weighted by atomic mass is 35.5. The number of hydrogen-bond acceptors (Lipinski definition) is 3. The molecule has 1 unspecified atom stereocenters. The maximum absolute atomic E-state index is 11.9. The number of nitrogens with one attached hydrogen (secondary N) is 2. The summed E-state index contributed by atoms with van der Waals surface area (Å²) < 4.78 is 5.55. The van der Waals surface area contributed by atoms with Crippen LogP contribution in [0.3, 0.4) is 0 Å². The molecule has 1 saturated heterocycles. The summed E-state index contributed by atoms with van der Waals surface area (Å²) in [7, 11) is 0. The van der Waals surface area contributed by atoms with Gasteiger partial charge < -0.3 is 15.4 Å². The number of benzene rings is 1. The standard InChI is InChI=1S/C15H19ClN2O3/c1-9(2)21-13-5-3-10(7-11(13)16)8-17-15(20)12-4-6-14(19)18-12/h3,5,7,9,12H,4,6,8H2,1-2H3,(H,17,20)(H,18,19). The van der Waals surface area contributed by atoms with Crippen molar-refractivity contribution >= 4 is 23.4 Å². The van der Waals surface area contributed by atoms with Gasteiger partial charge in [-0.05, 0) is 38.0 Å². The van der Waals surface area contributed by atoms with Gasteiger partial charge in [0, 0.05) is 13.0 Å². The predicted octanol–water partition coefficient (Wildman–Crippen LogP) is 2.02. The summed E-state index contributed by atoms with van der Waals surface area (Å²) in [5.74, 6) is 0.387. The Balaban J connectivity index is 1.90. The van der Waals surface area contributed by atoms with E-state index in [1.807, 2.05) is 19.9 Å². The van der Waals surface area contributed by atoms with E-state index in [1.54, 1.807) is 12.1 Å². The third kappa shape index (κ3) is 4.36. The van der Waals surface area contributed by atoms with E-state index in [0.717, 1.165) is 5.56 Å². The SMILES string of the molecule is CC(C)Oc1ccc(CNC(=O)C2CCC(=O)N2)cc1Cl. The van der Waals surface area contributed by atoms with Crippen molar-refractivity contribution in [3.8, 4) is 5.75 Å². The lowest BCUT2D eigenvalue weighted by molar-refractivity contribution is -0.125. The van der Waals surface area contributed by atoms with Crippen molar-refractivity contribution in [2.75, 3.05) is 0 Å². The van der Waals surface area contributed by atoms with Crippen LogP contribution in [-0.4, -0.2) is 24.0 Å². The average molecular weight is 311 g/mol. The van der Waals surface area contributed by atoms with E-state index in [4.69, 9.17) is 16.3 Å². The number of hydrogen-bond donors (Lipinski definition) is 2. The summed E-state index contributed by atoms with van der Waals surface area (Å²) in [5.41, 5.74) is 0.883. The van der Waals surface area contributed by atoms with Gasteiger partial charge in [-0.3, -0.25) is 9.59 Å². The van der Waals surface area contributed by atoms with Crippen LogP contribution in [0.15, 0.2) is 18.2 Å². The average Bonchev–Trinajstić information content (AvgIpc) is 2.85. The molecular formula is C15H19ClN2O3. The monoisotopic (exact) mass is 310 g/mol. The molecule has 0 radical (unpaired) electrons. The molecule has 1 aromatic carbocycles. The van der Waals surface area contributed by atoms with E-state index in [9.17, 15) is 9.59 Å². The fraction of sp³-hybridized carbons (Fsp3) is 0.467. The lowest BCUT2D eigenvalue weighted by Gasteiger charge is -2.13. The minimum absolute atomic E-state index is 0.0547. The zero-order chi connectivity index (χ0) is 15.4. The van der Waals surface area contributed by atoms with Crippen LogP contribution in [0.1, 0.15) is 32.3 Å². The molecule has 2 N–H and O–H groups in total. The quantitative estimate of drug-likeness (QED) is 0.874. The number of amides is 2. The molecule has 1 atom stereocenters. The Morgan fingerprint density at radius 1 is 1.52 bits per heavy atom. The smallest absolute Gasteiger partial charge is 0.242 e. The summed E-state index contributed by atoms with van der Waals surface area (Å²) in [6, 6.07) is 5.00. The van der Waals surface area contributed by atoms with E-state index in [-0.39, 0.29) is 17.9 Å². The summed E-state index contributed by atoms with van der Waals surface area (Å²) >= 11 is 6.14. The number of carbonyl (C=O) groups excluding carboxylic acids is 2. The van der Waals surface area contributed by atoms with Gasteiger partial charge in [0.15, 0.2) is 0 Å². The van der Waals surface area contributed by atoms with Crippen LogP contribution in [-0.2, 0) is 16.1 Å². The highest BCUT2D eigenvalue weighted by Gasteiger charge is 2.26. The minimum atomic E-state index is -0.420. The van der Waals surface area contributed by atoms with E-state index in [1.165, 1.54) is 0 Å². The van der Waals surface area contributed by atoms with E-state index >= 15 is 0 Å². The number of halogens is 1. The minimum Gasteiger partial charge on any atom is -0.489 e. The molecule has 21 heavy (non-hydrogen) atoms. The number of carbonyl (C=O) groups is 2. The van der Waals surface area contributed by atoms with Crippen LogP contribution in [0.4, 0.5) is 0 Å². The van der Waals surface area contributed by atoms with Gasteiger partial charge in [0.05, 0.1) is 11.1 Å². The van der Waals surface area contributed by atoms with Gasteiger partial charge in [0.25, 0.3) is 0 Å². The summed E-state index contributed by atoms with van der Waals surface area (Å²) in [6.07, 6.45) is 1.01. The Hall–Kier alpha value is -1.75. The normalized spacial score (nSPS) is 17.7. The van der Waals surface area contributed by atoms with Crippen LogP contribution in [0.5, 0.6) is 5.75 Å². The third-order valence-corrected chi connectivity index (χ3v) is 3.43. The largest absolute Gasteiger partial charge is 0.489 e. The highest BCUT2D eigenvalue weighted by molar-refractivity contribution is 6.32. The van der Waals surface area contributed by atoms with Crippen LogP contribution < -0.4 is 15.4 Å². The summed E-state index contributed by atoms with van der Waals surface area (Å²) in [6.45, 7) is 4.23. The molecule has 0 aliphatic carbocycles. The molecule has 0 saturated carbocycles. The molecule has 0 bridgehead atoms. The lowest BCUT2D eigenvalue weighted by Crippen LogP contribution is -2.41. The first-order valence-electron chi connectivity index (χ1n) is 6.98. The molecule has 5 nitrogen and oxygen atoms in total. The van der Waals surface area contributed by atoms with E-state index in [2.05, 4.69) is 10.6 Å². The zero-order valence-corrected chi connectivity index (χ0v) is 12.9. The van der Waals surface area contributed by atoms with Gasteiger partial charge in [0.1, 0.15) is 11.8 Å². The zero-order valence-electron chi connectivity index (χ0n) is 12.1. The Kier molecular flexibility index (Phi) is 5.07. The van der Waals surface area contributed by atoms with Crippen LogP contribution in [0, 0.1) is 0 Å². The van der Waals surface area contributed by atoms with Crippen molar-refractivity contribution < 1.29 is 14.3 Å². The summed E-state index contributed by atoms with van der Waals surface area (Å²) in [4.78, 5) is 23.0. The lowest BCUT2D eigenvalue weighted by atomic mass is 10.2. The molecule has 1 aliphatic rings. The molecule has 1 aromatic rings. The maximum Gasteiger partial charge on any atom is 0.242 e. The fourth-order valence-corrected chi connectivity index (χ4v) is 2.37. The van der Waals surface area contributed by atoms with Crippen molar-refractivity contribution in [3.05, 3.63) is 28.8 Å². The molecule has 1 fully saturated rings. The van der Waals surface area contributed by atoms with Gasteiger partial charge in [-0.15, -0.1) is 0 Å². The first-order valence-corrected chi connectivity index (χ1v) is 7.35. The van der Waals surface area contributed by atoms with Gasteiger partial charge in [-0.25, -0.2) is 0 Å². The van der Waals surface area contributed by atoms with Gasteiger partial charge >= 0.3 is 0 Å². The van der Waals surface area contributed by atoms with Crippen molar-refractivity contribution in [3.63, 3.8) is 0 Å². The molecule has 0 aromatic heterocycles. The predicted molar refractivity (Wildman–Crippen MR) is 80.2 cm³/mol. The molecule has 2 amide bonds. The Bertz CT molecular complexity index is 546. The Labute approximate surface area is 129 Å². The maximum atomic E-state index is 11.9. The topological polar surface area (TPSA) is 67.4 Å². The van der Waals surface area contributed by atoms with Crippen molar-refractivity contribution in [1.29, 1.82) is 0 Å². The van der Waals surface area contributed by atoms with Crippen molar-refractivity contribution in [2.24, 2.45) is 0 Å². The van der Waals surface area contributed by atoms with Gasteiger partial charge in [-0.1, -0.05) is 17.7 Å². The molecular weight excluding hydrogens is 292 g/mol. The first kappa shape index (κ1) is 15.6. The molecule has 1 heterocycles. The summed E-state index contributed by atoms with van der Waals surface area (Å²) in [5, 5.41) is 5.95. The Morgan fingerprint density at radius 3 is 2.86 bits per heavy atom. The second kappa shape index (κ2) is 6.80. The Morgan fingerprint density at radius 2 is 2.29 bits per heavy atom. The molecule has 114 valence electrons. The van der Waals surface area contributed by atoms with Gasteiger partial charge in [-0.2, -0.15) is 0 Å². The highest BCUT2D eigenvalue weighted by Crippen LogP contribution is 2.26. The van der Waals surface area contributed by atoms with Gasteiger partial charge in [0.2, 0.25) is 11.8 Å². The number of ether oxygens (including phenoxy) is 1. The first-order chi connectivity index (χ1) is 9.95. The van der Waals surface area contributed by atoms with E-state index < -0.39 is 6.04 Å².